The molecule has 2 nitrogen and oxygen atoms in total. The number of benzene rings is 1. The number of carbonyl (C=O) groups excluding carboxylic acids is 2. The van der Waals surface area contributed by atoms with Gasteiger partial charge in [-0.15, -0.1) is 0 Å². The van der Waals surface area contributed by atoms with Crippen molar-refractivity contribution in [3.8, 4) is 0 Å². The molecule has 0 radical (unpaired) electrons. The van der Waals surface area contributed by atoms with Crippen molar-refractivity contribution >= 4 is 12.1 Å². The molecular formula is C14H18O2. The predicted octanol–water partition coefficient (Wildman–Crippen LogP) is 2.51. The Bertz CT molecular complexity index is 380. The minimum absolute atomic E-state index is 0.00190. The minimum Gasteiger partial charge on any atom is -0.303 e. The SMILES string of the molecule is CCc1ccc(CC)c(CC(=O)CC=O)c1. The molecule has 0 heterocycles. The van der Waals surface area contributed by atoms with Gasteiger partial charge in [0.2, 0.25) is 0 Å². The Labute approximate surface area is 96.7 Å². The second-order valence-corrected chi connectivity index (χ2v) is 3.90. The summed E-state index contributed by atoms with van der Waals surface area (Å²) in [5.41, 5.74) is 3.52. The van der Waals surface area contributed by atoms with Crippen molar-refractivity contribution in [3.05, 3.63) is 34.9 Å². The molecule has 0 N–H and O–H groups in total. The zero-order valence-corrected chi connectivity index (χ0v) is 9.95. The number of hydrogen-bond donors (Lipinski definition) is 0. The lowest BCUT2D eigenvalue weighted by molar-refractivity contribution is -0.121. The molecule has 0 aromatic heterocycles. The standard InChI is InChI=1S/C14H18O2/c1-3-11-5-6-12(4-2)13(9-11)10-14(16)7-8-15/h5-6,8-9H,3-4,7,10H2,1-2H3. The summed E-state index contributed by atoms with van der Waals surface area (Å²) >= 11 is 0. The molecule has 0 amide bonds. The van der Waals surface area contributed by atoms with Crippen molar-refractivity contribution < 1.29 is 9.59 Å². The van der Waals surface area contributed by atoms with Crippen LogP contribution in [0.3, 0.4) is 0 Å². The fraction of sp³-hybridized carbons (Fsp3) is 0.429. The molecule has 0 saturated carbocycles. The monoisotopic (exact) mass is 218 g/mol. The number of aldehydes is 1. The van der Waals surface area contributed by atoms with Crippen LogP contribution in [0.15, 0.2) is 18.2 Å². The average molecular weight is 218 g/mol. The molecule has 16 heavy (non-hydrogen) atoms. The van der Waals surface area contributed by atoms with E-state index >= 15 is 0 Å². The highest BCUT2D eigenvalue weighted by atomic mass is 16.1. The van der Waals surface area contributed by atoms with Crippen LogP contribution in [0.2, 0.25) is 0 Å². The Balaban J connectivity index is 2.90. The van der Waals surface area contributed by atoms with Gasteiger partial charge in [0.05, 0.1) is 6.42 Å². The summed E-state index contributed by atoms with van der Waals surface area (Å²) in [5.74, 6) is -0.00190. The van der Waals surface area contributed by atoms with Gasteiger partial charge in [-0.05, 0) is 29.5 Å². The highest BCUT2D eigenvalue weighted by molar-refractivity contribution is 5.91. The molecule has 0 atom stereocenters. The van der Waals surface area contributed by atoms with Crippen LogP contribution in [0, 0.1) is 0 Å². The van der Waals surface area contributed by atoms with E-state index in [0.717, 1.165) is 18.4 Å². The number of hydrogen-bond acceptors (Lipinski definition) is 2. The van der Waals surface area contributed by atoms with Crippen LogP contribution >= 0.6 is 0 Å². The molecule has 1 aromatic carbocycles. The van der Waals surface area contributed by atoms with E-state index in [1.165, 1.54) is 11.1 Å². The van der Waals surface area contributed by atoms with Crippen LogP contribution in [-0.2, 0) is 28.9 Å². The molecule has 0 aliphatic carbocycles. The number of rotatable bonds is 6. The second kappa shape index (κ2) is 6.21. The third kappa shape index (κ3) is 3.30. The summed E-state index contributed by atoms with van der Waals surface area (Å²) in [4.78, 5) is 21.7. The van der Waals surface area contributed by atoms with Crippen molar-refractivity contribution in [3.63, 3.8) is 0 Å². The number of ketones is 1. The largest absolute Gasteiger partial charge is 0.303 e. The van der Waals surface area contributed by atoms with Gasteiger partial charge in [-0.25, -0.2) is 0 Å². The highest BCUT2D eigenvalue weighted by Gasteiger charge is 2.07. The van der Waals surface area contributed by atoms with E-state index < -0.39 is 0 Å². The first-order valence-corrected chi connectivity index (χ1v) is 5.77. The highest BCUT2D eigenvalue weighted by Crippen LogP contribution is 2.15. The quantitative estimate of drug-likeness (QED) is 0.543. The van der Waals surface area contributed by atoms with Crippen molar-refractivity contribution in [2.45, 2.75) is 39.5 Å². The maximum Gasteiger partial charge on any atom is 0.144 e. The zero-order chi connectivity index (χ0) is 12.0. The molecule has 1 rings (SSSR count). The van der Waals surface area contributed by atoms with Gasteiger partial charge in [0.15, 0.2) is 0 Å². The maximum absolute atomic E-state index is 11.4. The first kappa shape index (κ1) is 12.6. The maximum atomic E-state index is 11.4. The van der Waals surface area contributed by atoms with E-state index in [1.54, 1.807) is 0 Å². The van der Waals surface area contributed by atoms with E-state index in [9.17, 15) is 9.59 Å². The number of Topliss-reactive ketones (excluding diaryl/α,β-unsaturated/α-hetero) is 1. The van der Waals surface area contributed by atoms with Gasteiger partial charge in [-0.2, -0.15) is 0 Å². The molecule has 0 spiro atoms. The van der Waals surface area contributed by atoms with Crippen LogP contribution in [0.5, 0.6) is 0 Å². The van der Waals surface area contributed by atoms with Gasteiger partial charge in [0.25, 0.3) is 0 Å². The Morgan fingerprint density at radius 3 is 2.50 bits per heavy atom. The third-order valence-electron chi connectivity index (χ3n) is 2.76. The molecule has 0 fully saturated rings. The van der Waals surface area contributed by atoms with Crippen LogP contribution in [0.1, 0.15) is 37.0 Å². The molecule has 0 saturated heterocycles. The van der Waals surface area contributed by atoms with Crippen LogP contribution in [0.25, 0.3) is 0 Å². The lowest BCUT2D eigenvalue weighted by atomic mass is 9.96. The van der Waals surface area contributed by atoms with Crippen molar-refractivity contribution in [2.24, 2.45) is 0 Å². The molecule has 0 bridgehead atoms. The summed E-state index contributed by atoms with van der Waals surface area (Å²) in [6.45, 7) is 4.17. The van der Waals surface area contributed by atoms with Gasteiger partial charge in [-0.3, -0.25) is 4.79 Å². The van der Waals surface area contributed by atoms with Crippen molar-refractivity contribution in [2.75, 3.05) is 0 Å². The normalized spacial score (nSPS) is 10.1. The third-order valence-corrected chi connectivity index (χ3v) is 2.76. The second-order valence-electron chi connectivity index (χ2n) is 3.90. The average Bonchev–Trinajstić information content (AvgIpc) is 2.29. The van der Waals surface area contributed by atoms with Gasteiger partial charge in [0, 0.05) is 6.42 Å². The molecule has 2 heteroatoms. The van der Waals surface area contributed by atoms with Gasteiger partial charge in [-0.1, -0.05) is 32.0 Å². The first-order valence-electron chi connectivity index (χ1n) is 5.77. The van der Waals surface area contributed by atoms with Gasteiger partial charge >= 0.3 is 0 Å². The van der Waals surface area contributed by atoms with Crippen molar-refractivity contribution in [1.29, 1.82) is 0 Å². The fourth-order valence-corrected chi connectivity index (χ4v) is 1.79. The molecule has 0 unspecified atom stereocenters. The van der Waals surface area contributed by atoms with E-state index in [1.807, 2.05) is 0 Å². The van der Waals surface area contributed by atoms with Gasteiger partial charge < -0.3 is 4.79 Å². The fourth-order valence-electron chi connectivity index (χ4n) is 1.79. The van der Waals surface area contributed by atoms with Crippen LogP contribution in [-0.4, -0.2) is 12.1 Å². The summed E-state index contributed by atoms with van der Waals surface area (Å²) in [7, 11) is 0. The van der Waals surface area contributed by atoms with E-state index in [0.29, 0.717) is 12.7 Å². The molecule has 1 aromatic rings. The number of aryl methyl sites for hydroxylation is 2. The Morgan fingerprint density at radius 2 is 1.94 bits per heavy atom. The lowest BCUT2D eigenvalue weighted by Gasteiger charge is -2.08. The van der Waals surface area contributed by atoms with Gasteiger partial charge in [0.1, 0.15) is 12.1 Å². The first-order chi connectivity index (χ1) is 7.71. The van der Waals surface area contributed by atoms with E-state index in [-0.39, 0.29) is 12.2 Å². The zero-order valence-electron chi connectivity index (χ0n) is 9.95. The summed E-state index contributed by atoms with van der Waals surface area (Å²) in [6.07, 6.45) is 2.99. The van der Waals surface area contributed by atoms with Crippen molar-refractivity contribution in [1.82, 2.24) is 0 Å². The Hall–Kier alpha value is -1.44. The predicted molar refractivity (Wildman–Crippen MR) is 64.6 cm³/mol. The Morgan fingerprint density at radius 1 is 1.19 bits per heavy atom. The topological polar surface area (TPSA) is 34.1 Å². The van der Waals surface area contributed by atoms with Crippen LogP contribution < -0.4 is 0 Å². The lowest BCUT2D eigenvalue weighted by Crippen LogP contribution is -2.06. The van der Waals surface area contributed by atoms with E-state index in [2.05, 4.69) is 32.0 Å². The molecular weight excluding hydrogens is 200 g/mol. The van der Waals surface area contributed by atoms with Crippen LogP contribution in [0.4, 0.5) is 0 Å². The van der Waals surface area contributed by atoms with E-state index in [4.69, 9.17) is 0 Å². The smallest absolute Gasteiger partial charge is 0.144 e. The molecule has 0 aliphatic rings. The summed E-state index contributed by atoms with van der Waals surface area (Å²) in [6, 6.07) is 6.27. The molecule has 86 valence electrons. The summed E-state index contributed by atoms with van der Waals surface area (Å²) in [5, 5.41) is 0. The molecule has 0 aliphatic heterocycles. The summed E-state index contributed by atoms with van der Waals surface area (Å²) < 4.78 is 0. The number of carbonyl (C=O) groups is 2. The Kier molecular flexibility index (Phi) is 4.90. The minimum atomic E-state index is -0.00190.